The first kappa shape index (κ1) is 13.6. The maximum absolute atomic E-state index is 11.9. The van der Waals surface area contributed by atoms with Gasteiger partial charge < -0.3 is 14.2 Å². The molecule has 0 aromatic rings. The van der Waals surface area contributed by atoms with Crippen molar-refractivity contribution in [2.45, 2.75) is 58.0 Å². The predicted octanol–water partition coefficient (Wildman–Crippen LogP) is 2.43. The van der Waals surface area contributed by atoms with E-state index in [-0.39, 0.29) is 24.1 Å². The van der Waals surface area contributed by atoms with Crippen LogP contribution in [-0.2, 0) is 19.0 Å². The smallest absolute Gasteiger partial charge is 0.315 e. The minimum Gasteiger partial charge on any atom is -0.465 e. The average molecular weight is 254 g/mol. The lowest BCUT2D eigenvalue weighted by Gasteiger charge is -2.26. The van der Waals surface area contributed by atoms with Gasteiger partial charge in [0.1, 0.15) is 12.0 Å². The highest BCUT2D eigenvalue weighted by molar-refractivity contribution is 5.75. The second-order valence-electron chi connectivity index (χ2n) is 4.80. The Labute approximate surface area is 108 Å². The molecule has 2 rings (SSSR count). The summed E-state index contributed by atoms with van der Waals surface area (Å²) < 4.78 is 17.2. The Bertz CT molecular complexity index is 333. The van der Waals surface area contributed by atoms with Gasteiger partial charge in [-0.1, -0.05) is 26.0 Å². The molecule has 0 N–H and O–H groups in total. The molecule has 4 nitrogen and oxygen atoms in total. The lowest BCUT2D eigenvalue weighted by Crippen LogP contribution is -2.38. The Morgan fingerprint density at radius 3 is 2.67 bits per heavy atom. The van der Waals surface area contributed by atoms with Crippen LogP contribution in [0.3, 0.4) is 0 Å². The van der Waals surface area contributed by atoms with Crippen LogP contribution in [0, 0.1) is 5.92 Å². The van der Waals surface area contributed by atoms with Gasteiger partial charge in [0.05, 0.1) is 12.7 Å². The van der Waals surface area contributed by atoms with Gasteiger partial charge in [-0.25, -0.2) is 0 Å². The summed E-state index contributed by atoms with van der Waals surface area (Å²) in [5.41, 5.74) is 0. The molecule has 1 heterocycles. The number of rotatable bonds is 4. The third-order valence-corrected chi connectivity index (χ3v) is 3.79. The van der Waals surface area contributed by atoms with Crippen molar-refractivity contribution < 1.29 is 19.0 Å². The van der Waals surface area contributed by atoms with E-state index < -0.39 is 5.79 Å². The van der Waals surface area contributed by atoms with Crippen molar-refractivity contribution in [2.24, 2.45) is 5.92 Å². The molecule has 102 valence electrons. The van der Waals surface area contributed by atoms with E-state index in [9.17, 15) is 4.79 Å². The largest absolute Gasteiger partial charge is 0.465 e. The summed E-state index contributed by atoms with van der Waals surface area (Å²) in [5.74, 6) is -1.06. The topological polar surface area (TPSA) is 44.8 Å². The van der Waals surface area contributed by atoms with Gasteiger partial charge in [-0.15, -0.1) is 0 Å². The molecular weight excluding hydrogens is 232 g/mol. The van der Waals surface area contributed by atoms with Gasteiger partial charge >= 0.3 is 5.97 Å². The molecule has 0 aromatic heterocycles. The van der Waals surface area contributed by atoms with Gasteiger partial charge in [-0.2, -0.15) is 0 Å². The van der Waals surface area contributed by atoms with E-state index in [0.29, 0.717) is 6.61 Å². The van der Waals surface area contributed by atoms with Gasteiger partial charge in [-0.05, 0) is 26.2 Å². The summed E-state index contributed by atoms with van der Waals surface area (Å²) in [5, 5.41) is 0. The monoisotopic (exact) mass is 254 g/mol. The van der Waals surface area contributed by atoms with Crippen molar-refractivity contribution in [2.75, 3.05) is 6.61 Å². The molecule has 3 unspecified atom stereocenters. The van der Waals surface area contributed by atoms with Gasteiger partial charge in [-0.3, -0.25) is 4.79 Å². The van der Waals surface area contributed by atoms with Gasteiger partial charge in [0.25, 0.3) is 0 Å². The molecule has 18 heavy (non-hydrogen) atoms. The Kier molecular flexibility index (Phi) is 4.07. The molecule has 4 heteroatoms. The molecule has 1 aliphatic carbocycles. The number of fused-ring (bicyclic) bond motifs is 1. The SMILES string of the molecule is CCOC(=O)C1C=CCC2OC(CC)(CC)OC21. The molecule has 3 atom stereocenters. The van der Waals surface area contributed by atoms with Crippen molar-refractivity contribution in [3.63, 3.8) is 0 Å². The lowest BCUT2D eigenvalue weighted by atomic mass is 9.90. The number of hydrogen-bond acceptors (Lipinski definition) is 4. The Morgan fingerprint density at radius 2 is 2.06 bits per heavy atom. The minimum atomic E-state index is -0.522. The van der Waals surface area contributed by atoms with Crippen molar-refractivity contribution in [3.05, 3.63) is 12.2 Å². The maximum Gasteiger partial charge on any atom is 0.315 e. The third-order valence-electron chi connectivity index (χ3n) is 3.79. The first-order valence-corrected chi connectivity index (χ1v) is 6.84. The van der Waals surface area contributed by atoms with E-state index in [4.69, 9.17) is 14.2 Å². The first-order valence-electron chi connectivity index (χ1n) is 6.84. The summed E-state index contributed by atoms with van der Waals surface area (Å²) in [4.78, 5) is 11.9. The molecule has 0 amide bonds. The molecule has 1 saturated heterocycles. The van der Waals surface area contributed by atoms with Crippen molar-refractivity contribution in [1.29, 1.82) is 0 Å². The summed E-state index contributed by atoms with van der Waals surface area (Å²) in [6, 6.07) is 0. The van der Waals surface area contributed by atoms with E-state index in [0.717, 1.165) is 19.3 Å². The van der Waals surface area contributed by atoms with Crippen LogP contribution >= 0.6 is 0 Å². The number of esters is 1. The van der Waals surface area contributed by atoms with Crippen LogP contribution in [0.2, 0.25) is 0 Å². The maximum atomic E-state index is 11.9. The standard InChI is InChI=1S/C14H22O4/c1-4-14(5-2)17-11-9-7-8-10(12(11)18-14)13(15)16-6-3/h7-8,10-12H,4-6,9H2,1-3H3. The van der Waals surface area contributed by atoms with Crippen LogP contribution in [0.1, 0.15) is 40.0 Å². The van der Waals surface area contributed by atoms with Crippen molar-refractivity contribution in [3.8, 4) is 0 Å². The van der Waals surface area contributed by atoms with Crippen LogP contribution in [0.25, 0.3) is 0 Å². The molecule has 1 fully saturated rings. The van der Waals surface area contributed by atoms with Gasteiger partial charge in [0.15, 0.2) is 5.79 Å². The zero-order valence-corrected chi connectivity index (χ0v) is 11.3. The summed E-state index contributed by atoms with van der Waals surface area (Å²) in [6.07, 6.45) is 6.07. The first-order chi connectivity index (χ1) is 8.65. The van der Waals surface area contributed by atoms with Gasteiger partial charge in [0.2, 0.25) is 0 Å². The Hall–Kier alpha value is -0.870. The second-order valence-corrected chi connectivity index (χ2v) is 4.80. The summed E-state index contributed by atoms with van der Waals surface area (Å²) in [6.45, 7) is 6.31. The fourth-order valence-corrected chi connectivity index (χ4v) is 2.68. The minimum absolute atomic E-state index is 0.0238. The van der Waals surface area contributed by atoms with Crippen LogP contribution in [0.5, 0.6) is 0 Å². The number of carbonyl (C=O) groups excluding carboxylic acids is 1. The summed E-state index contributed by atoms with van der Waals surface area (Å²) in [7, 11) is 0. The zero-order chi connectivity index (χ0) is 13.2. The highest BCUT2D eigenvalue weighted by Gasteiger charge is 2.50. The molecule has 2 aliphatic rings. The molecule has 0 radical (unpaired) electrons. The Balaban J connectivity index is 2.13. The van der Waals surface area contributed by atoms with Crippen LogP contribution < -0.4 is 0 Å². The molecule has 1 aliphatic heterocycles. The van der Waals surface area contributed by atoms with E-state index in [1.807, 2.05) is 32.9 Å². The lowest BCUT2D eigenvalue weighted by molar-refractivity contribution is -0.183. The fourth-order valence-electron chi connectivity index (χ4n) is 2.68. The van der Waals surface area contributed by atoms with Crippen molar-refractivity contribution >= 4 is 5.97 Å². The molecular formula is C14H22O4. The normalized spacial score (nSPS) is 33.2. The van der Waals surface area contributed by atoms with Crippen LogP contribution in [-0.4, -0.2) is 30.6 Å². The van der Waals surface area contributed by atoms with E-state index in [1.54, 1.807) is 0 Å². The third kappa shape index (κ3) is 2.31. The molecule has 0 aromatic carbocycles. The molecule has 0 bridgehead atoms. The van der Waals surface area contributed by atoms with Crippen LogP contribution in [0.4, 0.5) is 0 Å². The fraction of sp³-hybridized carbons (Fsp3) is 0.786. The zero-order valence-electron chi connectivity index (χ0n) is 11.3. The predicted molar refractivity (Wildman–Crippen MR) is 66.9 cm³/mol. The van der Waals surface area contributed by atoms with Crippen molar-refractivity contribution in [1.82, 2.24) is 0 Å². The number of ether oxygens (including phenoxy) is 3. The Morgan fingerprint density at radius 1 is 1.33 bits per heavy atom. The average Bonchev–Trinajstić information content (AvgIpc) is 2.78. The quantitative estimate of drug-likeness (QED) is 0.571. The van der Waals surface area contributed by atoms with Crippen LogP contribution in [0.15, 0.2) is 12.2 Å². The summed E-state index contributed by atoms with van der Waals surface area (Å²) >= 11 is 0. The highest BCUT2D eigenvalue weighted by Crippen LogP contribution is 2.41. The van der Waals surface area contributed by atoms with E-state index in [1.165, 1.54) is 0 Å². The number of hydrogen-bond donors (Lipinski definition) is 0. The van der Waals surface area contributed by atoms with Gasteiger partial charge in [0, 0.05) is 0 Å². The number of carbonyl (C=O) groups is 1. The second kappa shape index (κ2) is 5.41. The van der Waals surface area contributed by atoms with E-state index >= 15 is 0 Å². The van der Waals surface area contributed by atoms with E-state index in [2.05, 4.69) is 0 Å². The highest BCUT2D eigenvalue weighted by atomic mass is 16.8. The molecule has 0 spiro atoms. The molecule has 0 saturated carbocycles.